The van der Waals surface area contributed by atoms with Crippen molar-refractivity contribution >= 4 is 17.4 Å². The summed E-state index contributed by atoms with van der Waals surface area (Å²) >= 11 is 6.10. The molecular weight excluding hydrogens is 234 g/mol. The minimum atomic E-state index is 0.709. The van der Waals surface area contributed by atoms with Crippen molar-refractivity contribution < 1.29 is 0 Å². The molecule has 1 aliphatic carbocycles. The number of halogens is 1. The molecular formula is C13H20ClN3. The zero-order valence-electron chi connectivity index (χ0n) is 10.7. The molecule has 94 valence electrons. The molecule has 0 radical (unpaired) electrons. The molecule has 2 unspecified atom stereocenters. The molecule has 17 heavy (non-hydrogen) atoms. The van der Waals surface area contributed by atoms with Gasteiger partial charge in [0.25, 0.3) is 0 Å². The van der Waals surface area contributed by atoms with Gasteiger partial charge in [-0.2, -0.15) is 0 Å². The molecule has 3 nitrogen and oxygen atoms in total. The van der Waals surface area contributed by atoms with E-state index in [0.717, 1.165) is 34.9 Å². The Morgan fingerprint density at radius 1 is 1.53 bits per heavy atom. The van der Waals surface area contributed by atoms with Crippen molar-refractivity contribution in [1.82, 2.24) is 10.3 Å². The average molecular weight is 254 g/mol. The van der Waals surface area contributed by atoms with Crippen LogP contribution in [0.1, 0.15) is 19.0 Å². The van der Waals surface area contributed by atoms with Crippen molar-refractivity contribution in [2.75, 3.05) is 25.5 Å². The molecule has 0 spiro atoms. The summed E-state index contributed by atoms with van der Waals surface area (Å²) in [5.41, 5.74) is 0.919. The SMILES string of the molecule is CNCc1nc(N(C)CC2CC2C)ccc1Cl. The maximum absolute atomic E-state index is 6.10. The fourth-order valence-corrected chi connectivity index (χ4v) is 2.25. The van der Waals surface area contributed by atoms with Gasteiger partial charge in [0.1, 0.15) is 5.82 Å². The van der Waals surface area contributed by atoms with Crippen molar-refractivity contribution in [1.29, 1.82) is 0 Å². The van der Waals surface area contributed by atoms with Crippen molar-refractivity contribution in [2.45, 2.75) is 19.9 Å². The van der Waals surface area contributed by atoms with E-state index in [1.165, 1.54) is 6.42 Å². The molecule has 1 N–H and O–H groups in total. The fraction of sp³-hybridized carbons (Fsp3) is 0.615. The summed E-state index contributed by atoms with van der Waals surface area (Å²) in [5, 5.41) is 3.82. The van der Waals surface area contributed by atoms with E-state index < -0.39 is 0 Å². The summed E-state index contributed by atoms with van der Waals surface area (Å²) in [5.74, 6) is 2.73. The fourth-order valence-electron chi connectivity index (χ4n) is 2.08. The Balaban J connectivity index is 2.06. The Morgan fingerprint density at radius 2 is 2.24 bits per heavy atom. The normalized spacial score (nSPS) is 22.6. The maximum atomic E-state index is 6.10. The molecule has 1 aromatic rings. The first-order chi connectivity index (χ1) is 8.11. The number of rotatable bonds is 5. The highest BCUT2D eigenvalue weighted by Gasteiger charge is 2.33. The highest BCUT2D eigenvalue weighted by atomic mass is 35.5. The van der Waals surface area contributed by atoms with Gasteiger partial charge in [-0.25, -0.2) is 4.98 Å². The lowest BCUT2D eigenvalue weighted by molar-refractivity contribution is 0.714. The van der Waals surface area contributed by atoms with Gasteiger partial charge in [0.15, 0.2) is 0 Å². The number of nitrogens with one attached hydrogen (secondary N) is 1. The summed E-state index contributed by atoms with van der Waals surface area (Å²) in [4.78, 5) is 6.83. The standard InChI is InChI=1S/C13H20ClN3/c1-9-6-10(9)8-17(3)13-5-4-11(14)12(16-13)7-15-2/h4-5,9-10,15H,6-8H2,1-3H3. The van der Waals surface area contributed by atoms with Gasteiger partial charge < -0.3 is 10.2 Å². The van der Waals surface area contributed by atoms with Crippen molar-refractivity contribution in [3.63, 3.8) is 0 Å². The number of aromatic nitrogens is 1. The van der Waals surface area contributed by atoms with Crippen LogP contribution in [0.25, 0.3) is 0 Å². The molecule has 1 saturated carbocycles. The quantitative estimate of drug-likeness (QED) is 0.874. The molecule has 2 atom stereocenters. The summed E-state index contributed by atoms with van der Waals surface area (Å²) in [7, 11) is 4.00. The Morgan fingerprint density at radius 3 is 2.82 bits per heavy atom. The molecule has 0 amide bonds. The van der Waals surface area contributed by atoms with E-state index in [4.69, 9.17) is 11.6 Å². The smallest absolute Gasteiger partial charge is 0.128 e. The number of nitrogens with zero attached hydrogens (tertiary/aromatic N) is 2. The zero-order valence-corrected chi connectivity index (χ0v) is 11.5. The first-order valence-corrected chi connectivity index (χ1v) is 6.50. The van der Waals surface area contributed by atoms with Crippen LogP contribution in [0.2, 0.25) is 5.02 Å². The van der Waals surface area contributed by atoms with Crippen LogP contribution in [0, 0.1) is 11.8 Å². The van der Waals surface area contributed by atoms with Crippen molar-refractivity contribution in [2.24, 2.45) is 11.8 Å². The van der Waals surface area contributed by atoms with E-state index in [1.807, 2.05) is 19.2 Å². The van der Waals surface area contributed by atoms with E-state index >= 15 is 0 Å². The van der Waals surface area contributed by atoms with Crippen LogP contribution < -0.4 is 10.2 Å². The highest BCUT2D eigenvalue weighted by molar-refractivity contribution is 6.31. The highest BCUT2D eigenvalue weighted by Crippen LogP contribution is 2.38. The molecule has 0 saturated heterocycles. The van der Waals surface area contributed by atoms with Crippen molar-refractivity contribution in [3.05, 3.63) is 22.8 Å². The summed E-state index contributed by atoms with van der Waals surface area (Å²) in [6.07, 6.45) is 1.35. The average Bonchev–Trinajstić information content (AvgIpc) is 2.97. The first-order valence-electron chi connectivity index (χ1n) is 6.13. The third-order valence-corrected chi connectivity index (χ3v) is 3.77. The lowest BCUT2D eigenvalue weighted by Crippen LogP contribution is -2.22. The van der Waals surface area contributed by atoms with Crippen LogP contribution in [-0.2, 0) is 6.54 Å². The number of pyridine rings is 1. The van der Waals surface area contributed by atoms with Crippen LogP contribution in [0.4, 0.5) is 5.82 Å². The van der Waals surface area contributed by atoms with E-state index in [9.17, 15) is 0 Å². The minimum Gasteiger partial charge on any atom is -0.359 e. The van der Waals surface area contributed by atoms with Crippen LogP contribution in [0.3, 0.4) is 0 Å². The van der Waals surface area contributed by atoms with Crippen LogP contribution >= 0.6 is 11.6 Å². The maximum Gasteiger partial charge on any atom is 0.128 e. The monoisotopic (exact) mass is 253 g/mol. The predicted octanol–water partition coefficient (Wildman–Crippen LogP) is 2.55. The Hall–Kier alpha value is -0.800. The molecule has 0 aliphatic heterocycles. The first kappa shape index (κ1) is 12.7. The van der Waals surface area contributed by atoms with E-state index in [1.54, 1.807) is 0 Å². The third-order valence-electron chi connectivity index (χ3n) is 3.42. The zero-order chi connectivity index (χ0) is 12.4. The molecule has 2 rings (SSSR count). The van der Waals surface area contributed by atoms with E-state index in [-0.39, 0.29) is 0 Å². The second-order valence-corrected chi connectivity index (χ2v) is 5.39. The molecule has 1 heterocycles. The van der Waals surface area contributed by atoms with E-state index in [0.29, 0.717) is 6.54 Å². The van der Waals surface area contributed by atoms with E-state index in [2.05, 4.69) is 29.2 Å². The summed E-state index contributed by atoms with van der Waals surface area (Å²) in [6, 6.07) is 3.93. The molecule has 0 aromatic carbocycles. The Kier molecular flexibility index (Phi) is 3.89. The molecule has 0 bridgehead atoms. The number of anilines is 1. The van der Waals surface area contributed by atoms with Gasteiger partial charge in [-0.3, -0.25) is 0 Å². The summed E-state index contributed by atoms with van der Waals surface area (Å²) < 4.78 is 0. The Bertz CT molecular complexity index is 394. The topological polar surface area (TPSA) is 28.2 Å². The molecule has 1 aliphatic rings. The van der Waals surface area contributed by atoms with Gasteiger partial charge >= 0.3 is 0 Å². The van der Waals surface area contributed by atoms with Gasteiger partial charge in [-0.15, -0.1) is 0 Å². The predicted molar refractivity (Wildman–Crippen MR) is 72.6 cm³/mol. The Labute approximate surface area is 108 Å². The van der Waals surface area contributed by atoms with Crippen LogP contribution in [-0.4, -0.2) is 25.6 Å². The third kappa shape index (κ3) is 3.11. The molecule has 1 fully saturated rings. The molecule has 1 aromatic heterocycles. The lowest BCUT2D eigenvalue weighted by Gasteiger charge is -2.19. The van der Waals surface area contributed by atoms with Crippen LogP contribution in [0.5, 0.6) is 0 Å². The van der Waals surface area contributed by atoms with Gasteiger partial charge in [-0.1, -0.05) is 18.5 Å². The van der Waals surface area contributed by atoms with Gasteiger partial charge in [0.05, 0.1) is 10.7 Å². The van der Waals surface area contributed by atoms with Crippen LogP contribution in [0.15, 0.2) is 12.1 Å². The summed E-state index contributed by atoms with van der Waals surface area (Å²) in [6.45, 7) is 4.11. The van der Waals surface area contributed by atoms with Gasteiger partial charge in [0.2, 0.25) is 0 Å². The second-order valence-electron chi connectivity index (χ2n) is 4.98. The minimum absolute atomic E-state index is 0.709. The van der Waals surface area contributed by atoms with Gasteiger partial charge in [-0.05, 0) is 37.4 Å². The number of hydrogen-bond acceptors (Lipinski definition) is 3. The van der Waals surface area contributed by atoms with Crippen molar-refractivity contribution in [3.8, 4) is 0 Å². The second kappa shape index (κ2) is 5.23. The number of hydrogen-bond donors (Lipinski definition) is 1. The van der Waals surface area contributed by atoms with Gasteiger partial charge in [0, 0.05) is 20.1 Å². The lowest BCUT2D eigenvalue weighted by atomic mass is 10.3. The molecule has 4 heteroatoms. The largest absolute Gasteiger partial charge is 0.359 e.